The van der Waals surface area contributed by atoms with Crippen molar-refractivity contribution in [3.63, 3.8) is 0 Å². The van der Waals surface area contributed by atoms with Gasteiger partial charge in [0.25, 0.3) is 0 Å². The Labute approximate surface area is 111 Å². The van der Waals surface area contributed by atoms with Crippen LogP contribution in [-0.2, 0) is 17.9 Å². The number of aliphatic hydroxyl groups excluding tert-OH is 1. The molecule has 4 heteroatoms. The maximum atomic E-state index is 9.44. The van der Waals surface area contributed by atoms with Gasteiger partial charge in [-0.15, -0.1) is 0 Å². The zero-order chi connectivity index (χ0) is 12.5. The number of benzene rings is 2. The van der Waals surface area contributed by atoms with Gasteiger partial charge in [-0.05, 0) is 34.2 Å². The molecule has 1 N–H and O–H groups in total. The summed E-state index contributed by atoms with van der Waals surface area (Å²) in [4.78, 5) is 0. The monoisotopic (exact) mass is 258 g/mol. The van der Waals surface area contributed by atoms with Gasteiger partial charge in [0.05, 0.1) is 13.2 Å². The second-order valence-electron chi connectivity index (χ2n) is 4.39. The van der Waals surface area contributed by atoms with E-state index >= 15 is 0 Å². The molecule has 90 valence electrons. The average Bonchev–Trinajstić information content (AvgIpc) is 2.82. The maximum absolute atomic E-state index is 9.44. The zero-order valence-corrected chi connectivity index (χ0v) is 10.5. The summed E-state index contributed by atoms with van der Waals surface area (Å²) in [6, 6.07) is 13.7. The van der Waals surface area contributed by atoms with Gasteiger partial charge in [-0.2, -0.15) is 0 Å². The van der Waals surface area contributed by atoms with Gasteiger partial charge in [-0.25, -0.2) is 0 Å². The van der Waals surface area contributed by atoms with Crippen LogP contribution in [0.2, 0.25) is 5.02 Å². The molecule has 18 heavy (non-hydrogen) atoms. The minimum absolute atomic E-state index is 0.0298. The first kappa shape index (κ1) is 11.8. The highest BCUT2D eigenvalue weighted by molar-refractivity contribution is 6.81. The van der Waals surface area contributed by atoms with Gasteiger partial charge in [0.15, 0.2) is 0 Å². The molecule has 0 spiro atoms. The summed E-state index contributed by atoms with van der Waals surface area (Å²) >= 11 is 5.95. The lowest BCUT2D eigenvalue weighted by Gasteiger charge is -2.12. The fraction of sp³-hybridized carbons (Fsp3) is 0.143. The Morgan fingerprint density at radius 3 is 2.83 bits per heavy atom. The van der Waals surface area contributed by atoms with Crippen molar-refractivity contribution in [2.45, 2.75) is 13.2 Å². The molecule has 0 fully saturated rings. The van der Waals surface area contributed by atoms with Crippen LogP contribution in [0.5, 0.6) is 0 Å². The summed E-state index contributed by atoms with van der Waals surface area (Å²) < 4.78 is 5.84. The Balaban J connectivity index is 2.07. The third kappa shape index (κ3) is 1.95. The van der Waals surface area contributed by atoms with E-state index in [0.717, 1.165) is 11.0 Å². The first-order valence-electron chi connectivity index (χ1n) is 5.88. The van der Waals surface area contributed by atoms with Gasteiger partial charge >= 0.3 is 6.92 Å². The van der Waals surface area contributed by atoms with Crippen molar-refractivity contribution in [2.24, 2.45) is 0 Å². The van der Waals surface area contributed by atoms with E-state index in [4.69, 9.17) is 16.3 Å². The number of rotatable bonds is 2. The highest BCUT2D eigenvalue weighted by Gasteiger charge is 2.31. The fourth-order valence-corrected chi connectivity index (χ4v) is 2.60. The minimum atomic E-state index is -0.0967. The highest BCUT2D eigenvalue weighted by atomic mass is 35.5. The lowest BCUT2D eigenvalue weighted by atomic mass is 9.54. The second kappa shape index (κ2) is 4.77. The summed E-state index contributed by atoms with van der Waals surface area (Å²) in [5.41, 5.74) is 4.20. The number of hydrogen-bond acceptors (Lipinski definition) is 2. The Hall–Kier alpha value is -1.29. The molecule has 0 unspecified atom stereocenters. The summed E-state index contributed by atoms with van der Waals surface area (Å²) in [5.74, 6) is 0. The van der Waals surface area contributed by atoms with Crippen molar-refractivity contribution in [2.75, 3.05) is 0 Å². The summed E-state index contributed by atoms with van der Waals surface area (Å²) in [7, 11) is 0. The van der Waals surface area contributed by atoms with E-state index < -0.39 is 0 Å². The van der Waals surface area contributed by atoms with Crippen LogP contribution in [0.3, 0.4) is 0 Å². The second-order valence-corrected chi connectivity index (χ2v) is 4.83. The van der Waals surface area contributed by atoms with Crippen LogP contribution in [0.1, 0.15) is 11.1 Å². The van der Waals surface area contributed by atoms with Gasteiger partial charge in [-0.3, -0.25) is 0 Å². The Kier molecular flexibility index (Phi) is 3.12. The number of hydrogen-bond donors (Lipinski definition) is 1. The van der Waals surface area contributed by atoms with Crippen LogP contribution < -0.4 is 10.9 Å². The Morgan fingerprint density at radius 1 is 1.17 bits per heavy atom. The van der Waals surface area contributed by atoms with E-state index in [0.29, 0.717) is 11.6 Å². The molecule has 1 aliphatic heterocycles. The van der Waals surface area contributed by atoms with Crippen molar-refractivity contribution in [3.05, 3.63) is 58.6 Å². The average molecular weight is 259 g/mol. The summed E-state index contributed by atoms with van der Waals surface area (Å²) in [6.07, 6.45) is 0. The van der Waals surface area contributed by atoms with E-state index in [1.165, 1.54) is 11.0 Å². The van der Waals surface area contributed by atoms with Crippen LogP contribution in [0.4, 0.5) is 0 Å². The first-order valence-corrected chi connectivity index (χ1v) is 6.26. The van der Waals surface area contributed by atoms with Crippen LogP contribution in [-0.4, -0.2) is 12.0 Å². The molecule has 1 heterocycles. The van der Waals surface area contributed by atoms with E-state index in [2.05, 4.69) is 12.1 Å². The third-order valence-electron chi connectivity index (χ3n) is 3.30. The van der Waals surface area contributed by atoms with E-state index in [1.54, 1.807) is 6.07 Å². The molecule has 2 aromatic rings. The maximum Gasteiger partial charge on any atom is 0.362 e. The van der Waals surface area contributed by atoms with Crippen molar-refractivity contribution in [1.29, 1.82) is 0 Å². The van der Waals surface area contributed by atoms with Crippen LogP contribution in [0, 0.1) is 0 Å². The summed E-state index contributed by atoms with van der Waals surface area (Å²) in [6.45, 7) is 0.493. The summed E-state index contributed by atoms with van der Waals surface area (Å²) in [5, 5.41) is 10.1. The van der Waals surface area contributed by atoms with E-state index in [-0.39, 0.29) is 13.5 Å². The first-order chi connectivity index (χ1) is 8.79. The number of fused-ring (bicyclic) bond motifs is 1. The van der Waals surface area contributed by atoms with Gasteiger partial charge in [-0.1, -0.05) is 41.9 Å². The van der Waals surface area contributed by atoms with Crippen molar-refractivity contribution in [3.8, 4) is 0 Å². The Morgan fingerprint density at radius 2 is 2.00 bits per heavy atom. The van der Waals surface area contributed by atoms with Crippen molar-refractivity contribution >= 4 is 29.4 Å². The molecule has 2 nitrogen and oxygen atoms in total. The SMILES string of the molecule is OCc1cc(Cl)ccc1B1OCc2ccccc21. The normalized spacial score (nSPS) is 13.8. The van der Waals surface area contributed by atoms with Crippen LogP contribution in [0.25, 0.3) is 0 Å². The molecule has 0 aromatic heterocycles. The molecule has 2 aromatic carbocycles. The highest BCUT2D eigenvalue weighted by Crippen LogP contribution is 2.15. The minimum Gasteiger partial charge on any atom is -0.423 e. The van der Waals surface area contributed by atoms with Gasteiger partial charge in [0, 0.05) is 5.02 Å². The largest absolute Gasteiger partial charge is 0.423 e. The van der Waals surface area contributed by atoms with Crippen molar-refractivity contribution < 1.29 is 9.76 Å². The molecule has 1 aliphatic rings. The lowest BCUT2D eigenvalue weighted by Crippen LogP contribution is -2.43. The molecule has 3 rings (SSSR count). The molecule has 0 radical (unpaired) electrons. The number of aliphatic hydroxyl groups is 1. The molecule has 0 saturated carbocycles. The predicted octanol–water partition coefficient (Wildman–Crippen LogP) is 1.47. The fourth-order valence-electron chi connectivity index (χ4n) is 2.41. The van der Waals surface area contributed by atoms with Gasteiger partial charge in [0.2, 0.25) is 0 Å². The Bertz CT molecular complexity index is 586. The topological polar surface area (TPSA) is 29.5 Å². The lowest BCUT2D eigenvalue weighted by molar-refractivity contribution is 0.282. The van der Waals surface area contributed by atoms with Crippen molar-refractivity contribution in [1.82, 2.24) is 0 Å². The van der Waals surface area contributed by atoms with Gasteiger partial charge < -0.3 is 9.76 Å². The van der Waals surface area contributed by atoms with Crippen LogP contribution >= 0.6 is 11.6 Å². The van der Waals surface area contributed by atoms with Crippen LogP contribution in [0.15, 0.2) is 42.5 Å². The van der Waals surface area contributed by atoms with Gasteiger partial charge in [0.1, 0.15) is 0 Å². The molecule has 0 atom stereocenters. The molecule has 0 bridgehead atoms. The molecular formula is C14H12BClO2. The number of halogens is 1. The molecule has 0 saturated heterocycles. The van der Waals surface area contributed by atoms with E-state index in [9.17, 15) is 5.11 Å². The smallest absolute Gasteiger partial charge is 0.362 e. The predicted molar refractivity (Wildman–Crippen MR) is 73.6 cm³/mol. The molecule has 0 aliphatic carbocycles. The molecule has 0 amide bonds. The third-order valence-corrected chi connectivity index (χ3v) is 3.54. The standard InChI is InChI=1S/C14H12BClO2/c16-12-5-6-14(11(7-12)8-17)15-13-4-2-1-3-10(13)9-18-15/h1-7,17H,8-9H2. The molecular weight excluding hydrogens is 246 g/mol. The zero-order valence-electron chi connectivity index (χ0n) is 9.77. The quantitative estimate of drug-likeness (QED) is 0.827. The van der Waals surface area contributed by atoms with E-state index in [1.807, 2.05) is 24.3 Å².